The number of ether oxygens (including phenoxy) is 1. The topological polar surface area (TPSA) is 122 Å². The van der Waals surface area contributed by atoms with Gasteiger partial charge in [0.25, 0.3) is 11.8 Å². The van der Waals surface area contributed by atoms with Gasteiger partial charge in [-0.2, -0.15) is 0 Å². The number of nitrogens with zero attached hydrogens (tertiary/aromatic N) is 1. The van der Waals surface area contributed by atoms with E-state index < -0.39 is 12.0 Å². The number of hydrogen-bond donors (Lipinski definition) is 3. The summed E-state index contributed by atoms with van der Waals surface area (Å²) >= 11 is 0. The second-order valence-electron chi connectivity index (χ2n) is 5.83. The Kier molecular flexibility index (Phi) is 9.59. The molecule has 0 aliphatic carbocycles. The second-order valence-corrected chi connectivity index (χ2v) is 5.83. The summed E-state index contributed by atoms with van der Waals surface area (Å²) in [6.45, 7) is 4.21. The Labute approximate surface area is 157 Å². The van der Waals surface area contributed by atoms with Crippen molar-refractivity contribution in [1.82, 2.24) is 15.5 Å². The zero-order valence-electron chi connectivity index (χ0n) is 15.9. The molecule has 0 saturated carbocycles. The van der Waals surface area contributed by atoms with Gasteiger partial charge in [-0.15, -0.1) is 0 Å². The molecule has 0 spiro atoms. The molecule has 1 rings (SSSR count). The van der Waals surface area contributed by atoms with Crippen molar-refractivity contribution in [2.24, 2.45) is 0 Å². The van der Waals surface area contributed by atoms with Crippen LogP contribution in [0.4, 0.5) is 4.79 Å². The number of nitrogens with one attached hydrogen (secondary N) is 3. The number of amides is 4. The Morgan fingerprint density at radius 2 is 1.93 bits per heavy atom. The molecule has 0 aliphatic rings. The Bertz CT molecular complexity index is 631. The maximum atomic E-state index is 12.3. The molecule has 0 saturated heterocycles. The minimum absolute atomic E-state index is 0.0225. The van der Waals surface area contributed by atoms with Gasteiger partial charge in [0.15, 0.2) is 13.1 Å². The highest BCUT2D eigenvalue weighted by Crippen LogP contribution is 1.98. The molecule has 0 fully saturated rings. The van der Waals surface area contributed by atoms with Crippen LogP contribution < -0.4 is 15.5 Å². The van der Waals surface area contributed by atoms with Crippen LogP contribution >= 0.6 is 0 Å². The molecule has 1 aromatic heterocycles. The van der Waals surface area contributed by atoms with Crippen LogP contribution in [0, 0.1) is 0 Å². The Morgan fingerprint density at radius 3 is 2.52 bits per heavy atom. The van der Waals surface area contributed by atoms with Crippen LogP contribution in [-0.2, 0) is 25.7 Å². The molecular formula is C17H27N4O6+. The minimum atomic E-state index is -0.811. The van der Waals surface area contributed by atoms with Gasteiger partial charge in [0.2, 0.25) is 5.91 Å². The van der Waals surface area contributed by atoms with Crippen LogP contribution in [0.5, 0.6) is 0 Å². The number of carbonyl (C=O) groups is 4. The van der Waals surface area contributed by atoms with Crippen molar-refractivity contribution < 1.29 is 33.2 Å². The van der Waals surface area contributed by atoms with E-state index >= 15 is 0 Å². The molecule has 4 amide bonds. The van der Waals surface area contributed by atoms with E-state index in [1.807, 2.05) is 6.92 Å². The Morgan fingerprint density at radius 1 is 1.19 bits per heavy atom. The van der Waals surface area contributed by atoms with E-state index in [0.29, 0.717) is 17.2 Å². The number of alkyl carbamates (subject to hydrolysis) is 1. The lowest BCUT2D eigenvalue weighted by Gasteiger charge is -2.21. The summed E-state index contributed by atoms with van der Waals surface area (Å²) in [7, 11) is 1.51. The van der Waals surface area contributed by atoms with Gasteiger partial charge in [-0.05, 0) is 26.0 Å². The van der Waals surface area contributed by atoms with E-state index in [9.17, 15) is 19.2 Å². The van der Waals surface area contributed by atoms with E-state index in [0.717, 1.165) is 0 Å². The molecule has 3 N–H and O–H groups in total. The first kappa shape index (κ1) is 22.2. The quantitative estimate of drug-likeness (QED) is 0.454. The number of carbonyl (C=O) groups excluding carboxylic acids is 4. The first-order valence-corrected chi connectivity index (χ1v) is 8.68. The number of furan rings is 1. The highest BCUT2D eigenvalue weighted by Gasteiger charge is 2.21. The lowest BCUT2D eigenvalue weighted by Crippen LogP contribution is -3.14. The maximum Gasteiger partial charge on any atom is 0.414 e. The first-order chi connectivity index (χ1) is 12.8. The van der Waals surface area contributed by atoms with Gasteiger partial charge in [-0.3, -0.25) is 19.7 Å². The highest BCUT2D eigenvalue weighted by atomic mass is 16.5. The summed E-state index contributed by atoms with van der Waals surface area (Å²) in [5.74, 6) is -0.521. The van der Waals surface area contributed by atoms with Gasteiger partial charge in [0.05, 0.1) is 32.5 Å². The smallest absolute Gasteiger partial charge is 0.414 e. The van der Waals surface area contributed by atoms with Crippen LogP contribution in [-0.4, -0.2) is 68.5 Å². The predicted molar refractivity (Wildman–Crippen MR) is 94.6 cm³/mol. The van der Waals surface area contributed by atoms with Crippen LogP contribution in [0.15, 0.2) is 22.8 Å². The zero-order valence-corrected chi connectivity index (χ0v) is 15.9. The summed E-state index contributed by atoms with van der Waals surface area (Å²) in [5, 5.41) is 4.75. The summed E-state index contributed by atoms with van der Waals surface area (Å²) in [6.07, 6.45) is 0.701. The first-order valence-electron chi connectivity index (χ1n) is 8.68. The van der Waals surface area contributed by atoms with E-state index in [1.165, 1.54) is 18.2 Å². The zero-order chi connectivity index (χ0) is 20.2. The summed E-state index contributed by atoms with van der Waals surface area (Å²) < 4.78 is 9.75. The predicted octanol–water partition coefficient (Wildman–Crippen LogP) is -1.47. The van der Waals surface area contributed by atoms with E-state index in [-0.39, 0.29) is 44.6 Å². The number of quaternary nitrogens is 1. The number of imide groups is 1. The lowest BCUT2D eigenvalue weighted by molar-refractivity contribution is -0.882. The molecule has 10 heteroatoms. The highest BCUT2D eigenvalue weighted by molar-refractivity contribution is 5.92. The minimum Gasteiger partial charge on any atom is -0.467 e. The van der Waals surface area contributed by atoms with Crippen molar-refractivity contribution in [1.29, 1.82) is 0 Å². The van der Waals surface area contributed by atoms with Crippen molar-refractivity contribution in [2.75, 3.05) is 39.8 Å². The summed E-state index contributed by atoms with van der Waals surface area (Å²) in [5.41, 5.74) is 0. The molecule has 1 unspecified atom stereocenters. The van der Waals surface area contributed by atoms with Crippen LogP contribution in [0.2, 0.25) is 0 Å². The molecule has 0 aromatic carbocycles. The van der Waals surface area contributed by atoms with Crippen molar-refractivity contribution in [3.8, 4) is 0 Å². The molecular weight excluding hydrogens is 356 g/mol. The van der Waals surface area contributed by atoms with Crippen molar-refractivity contribution >= 4 is 23.8 Å². The van der Waals surface area contributed by atoms with Gasteiger partial charge in [-0.25, -0.2) is 4.79 Å². The molecule has 1 atom stereocenters. The average molecular weight is 383 g/mol. The molecule has 10 nitrogen and oxygen atoms in total. The SMILES string of the molecule is CCOC(=O)NC(=O)C[NH+](CC)CC(=O)N(C)CC(=O)NCc1ccco1. The molecule has 0 bridgehead atoms. The van der Waals surface area contributed by atoms with E-state index in [2.05, 4.69) is 15.4 Å². The molecule has 150 valence electrons. The van der Waals surface area contributed by atoms with Crippen LogP contribution in [0.1, 0.15) is 19.6 Å². The third-order valence-electron chi connectivity index (χ3n) is 3.68. The normalized spacial score (nSPS) is 11.4. The fourth-order valence-corrected chi connectivity index (χ4v) is 2.17. The van der Waals surface area contributed by atoms with Gasteiger partial charge < -0.3 is 24.3 Å². The van der Waals surface area contributed by atoms with Crippen LogP contribution in [0.3, 0.4) is 0 Å². The molecule has 1 aromatic rings. The van der Waals surface area contributed by atoms with Gasteiger partial charge in [0.1, 0.15) is 5.76 Å². The molecule has 1 heterocycles. The second kappa shape index (κ2) is 11.7. The van der Waals surface area contributed by atoms with Gasteiger partial charge >= 0.3 is 6.09 Å². The van der Waals surface area contributed by atoms with Gasteiger partial charge in [0, 0.05) is 7.05 Å². The lowest BCUT2D eigenvalue weighted by atomic mass is 10.4. The Hall–Kier alpha value is -2.88. The van der Waals surface area contributed by atoms with E-state index in [4.69, 9.17) is 4.42 Å². The van der Waals surface area contributed by atoms with Gasteiger partial charge in [-0.1, -0.05) is 0 Å². The number of hydrogen-bond acceptors (Lipinski definition) is 6. The molecule has 27 heavy (non-hydrogen) atoms. The fourth-order valence-electron chi connectivity index (χ4n) is 2.17. The monoisotopic (exact) mass is 383 g/mol. The Balaban J connectivity index is 2.38. The summed E-state index contributed by atoms with van der Waals surface area (Å²) in [4.78, 5) is 49.1. The third-order valence-corrected chi connectivity index (χ3v) is 3.68. The largest absolute Gasteiger partial charge is 0.467 e. The molecule has 0 aliphatic heterocycles. The van der Waals surface area contributed by atoms with E-state index in [1.54, 1.807) is 19.1 Å². The molecule has 0 radical (unpaired) electrons. The fraction of sp³-hybridized carbons (Fsp3) is 0.529. The maximum absolute atomic E-state index is 12.3. The van der Waals surface area contributed by atoms with Crippen molar-refractivity contribution in [2.45, 2.75) is 20.4 Å². The van der Waals surface area contributed by atoms with Crippen LogP contribution in [0.25, 0.3) is 0 Å². The van der Waals surface area contributed by atoms with Crippen molar-refractivity contribution in [3.63, 3.8) is 0 Å². The standard InChI is InChI=1S/C17H26N4O6/c1-4-21(11-15(23)19-17(25)26-5-2)12-16(24)20(3)10-14(22)18-9-13-7-6-8-27-13/h6-8H,4-5,9-12H2,1-3H3,(H,18,22)(H,19,23,25)/p+1. The third kappa shape index (κ3) is 8.86. The average Bonchev–Trinajstić information content (AvgIpc) is 3.12. The number of likely N-dealkylation sites (N-methyl/N-ethyl adjacent to an activating group) is 2. The van der Waals surface area contributed by atoms with Crippen molar-refractivity contribution in [3.05, 3.63) is 24.2 Å². The number of rotatable bonds is 10. The summed E-state index contributed by atoms with van der Waals surface area (Å²) in [6, 6.07) is 3.45.